The smallest absolute Gasteiger partial charge is 0.305 e. The van der Waals surface area contributed by atoms with Gasteiger partial charge in [0, 0.05) is 0 Å². The largest absolute Gasteiger partial charge is 0.481 e. The highest BCUT2D eigenvalue weighted by Crippen LogP contribution is 2.32. The normalized spacial score (nSPS) is 18.8. The fraction of sp³-hybridized carbons (Fsp3) is 0.846. The molecule has 1 aliphatic rings. The molecule has 20 heavy (non-hydrogen) atoms. The molecule has 1 aliphatic carbocycles. The number of sulfone groups is 1. The molecule has 1 fully saturated rings. The average molecular weight is 305 g/mol. The second kappa shape index (κ2) is 5.71. The minimum absolute atomic E-state index is 0.158. The second-order valence-corrected chi connectivity index (χ2v) is 9.22. The van der Waals surface area contributed by atoms with Gasteiger partial charge in [0.25, 0.3) is 0 Å². The lowest BCUT2D eigenvalue weighted by Gasteiger charge is -2.29. The molecule has 1 amide bonds. The summed E-state index contributed by atoms with van der Waals surface area (Å²) in [7, 11) is -3.55. The third-order valence-corrected chi connectivity index (χ3v) is 6.22. The van der Waals surface area contributed by atoms with Crippen molar-refractivity contribution in [3.8, 4) is 0 Å². The molecule has 0 aliphatic heterocycles. The quantitative estimate of drug-likeness (QED) is 0.792. The molecule has 0 unspecified atom stereocenters. The van der Waals surface area contributed by atoms with E-state index in [0.29, 0.717) is 12.8 Å². The fourth-order valence-corrected chi connectivity index (χ4v) is 3.26. The Morgan fingerprint density at radius 3 is 2.10 bits per heavy atom. The van der Waals surface area contributed by atoms with Gasteiger partial charge in [-0.2, -0.15) is 0 Å². The minimum Gasteiger partial charge on any atom is -0.481 e. The highest BCUT2D eigenvalue weighted by atomic mass is 32.2. The van der Waals surface area contributed by atoms with Gasteiger partial charge >= 0.3 is 5.97 Å². The molecule has 0 bridgehead atoms. The molecule has 0 aromatic carbocycles. The summed E-state index contributed by atoms with van der Waals surface area (Å²) in [6.07, 6.45) is 2.70. The van der Waals surface area contributed by atoms with Crippen molar-refractivity contribution < 1.29 is 23.1 Å². The van der Waals surface area contributed by atoms with Gasteiger partial charge in [0.05, 0.1) is 16.7 Å². The molecule has 0 heterocycles. The Bertz CT molecular complexity index is 483. The highest BCUT2D eigenvalue weighted by Gasteiger charge is 2.39. The van der Waals surface area contributed by atoms with Gasteiger partial charge < -0.3 is 10.4 Å². The van der Waals surface area contributed by atoms with E-state index in [2.05, 4.69) is 5.32 Å². The summed E-state index contributed by atoms with van der Waals surface area (Å²) in [6.45, 7) is 4.62. The van der Waals surface area contributed by atoms with Crippen LogP contribution in [0, 0.1) is 0 Å². The number of hydrogen-bond acceptors (Lipinski definition) is 4. The van der Waals surface area contributed by atoms with E-state index < -0.39 is 37.8 Å². The topological polar surface area (TPSA) is 101 Å². The van der Waals surface area contributed by atoms with Gasteiger partial charge in [0.15, 0.2) is 9.84 Å². The molecule has 0 radical (unpaired) electrons. The van der Waals surface area contributed by atoms with Crippen LogP contribution in [0.3, 0.4) is 0 Å². The average Bonchev–Trinajstić information content (AvgIpc) is 2.61. The molecule has 0 aromatic rings. The van der Waals surface area contributed by atoms with Gasteiger partial charge in [-0.15, -0.1) is 0 Å². The summed E-state index contributed by atoms with van der Waals surface area (Å²) < 4.78 is 23.0. The SMILES string of the molecule is CC(C)(C)S(=O)(=O)CC(=O)NC1(CC(=O)O)CCCC1. The minimum atomic E-state index is -3.55. The Balaban J connectivity index is 2.76. The molecule has 1 rings (SSSR count). The summed E-state index contributed by atoms with van der Waals surface area (Å²) in [5.41, 5.74) is -0.781. The monoisotopic (exact) mass is 305 g/mol. The first-order valence-corrected chi connectivity index (χ1v) is 8.38. The maximum absolute atomic E-state index is 12.0. The number of carbonyl (C=O) groups is 2. The first-order valence-electron chi connectivity index (χ1n) is 6.73. The van der Waals surface area contributed by atoms with E-state index >= 15 is 0 Å². The van der Waals surface area contributed by atoms with E-state index in [1.165, 1.54) is 20.8 Å². The maximum Gasteiger partial charge on any atom is 0.305 e. The number of amides is 1. The number of aliphatic carboxylic acids is 1. The lowest BCUT2D eigenvalue weighted by molar-refractivity contribution is -0.139. The Hall–Kier alpha value is -1.11. The van der Waals surface area contributed by atoms with Crippen LogP contribution < -0.4 is 5.32 Å². The van der Waals surface area contributed by atoms with Crippen molar-refractivity contribution in [1.82, 2.24) is 5.32 Å². The number of carbonyl (C=O) groups excluding carboxylic acids is 1. The molecule has 0 spiro atoms. The predicted molar refractivity (Wildman–Crippen MR) is 75.1 cm³/mol. The maximum atomic E-state index is 12.0. The van der Waals surface area contributed by atoms with E-state index in [1.807, 2.05) is 0 Å². The van der Waals surface area contributed by atoms with Gasteiger partial charge in [-0.05, 0) is 33.6 Å². The number of rotatable bonds is 5. The van der Waals surface area contributed by atoms with Crippen LogP contribution in [0.2, 0.25) is 0 Å². The van der Waals surface area contributed by atoms with Crippen molar-refractivity contribution in [1.29, 1.82) is 0 Å². The van der Waals surface area contributed by atoms with Gasteiger partial charge in [0.1, 0.15) is 5.75 Å². The van der Waals surface area contributed by atoms with Crippen LogP contribution >= 0.6 is 0 Å². The van der Waals surface area contributed by atoms with Crippen molar-refractivity contribution in [2.24, 2.45) is 0 Å². The molecule has 7 heteroatoms. The van der Waals surface area contributed by atoms with E-state index in [4.69, 9.17) is 5.11 Å². The van der Waals surface area contributed by atoms with Gasteiger partial charge in [-0.1, -0.05) is 12.8 Å². The predicted octanol–water partition coefficient (Wildman–Crippen LogP) is 1.10. The van der Waals surface area contributed by atoms with Crippen LogP contribution in [0.5, 0.6) is 0 Å². The molecular formula is C13H23NO5S. The van der Waals surface area contributed by atoms with Crippen molar-refractivity contribution >= 4 is 21.7 Å². The zero-order chi connectivity index (χ0) is 15.6. The first kappa shape index (κ1) is 16.9. The molecule has 0 aromatic heterocycles. The summed E-state index contributed by atoms with van der Waals surface area (Å²) in [4.78, 5) is 22.9. The van der Waals surface area contributed by atoms with Crippen LogP contribution in [0.4, 0.5) is 0 Å². The van der Waals surface area contributed by atoms with Crippen molar-refractivity contribution in [2.75, 3.05) is 5.75 Å². The molecule has 6 nitrogen and oxygen atoms in total. The molecule has 0 saturated heterocycles. The third kappa shape index (κ3) is 4.19. The first-order chi connectivity index (χ1) is 8.97. The zero-order valence-electron chi connectivity index (χ0n) is 12.2. The Morgan fingerprint density at radius 2 is 1.70 bits per heavy atom. The van der Waals surface area contributed by atoms with Crippen molar-refractivity contribution in [2.45, 2.75) is 63.2 Å². The Labute approximate surface area is 119 Å². The van der Waals surface area contributed by atoms with E-state index in [0.717, 1.165) is 12.8 Å². The standard InChI is InChI=1S/C13H23NO5S/c1-12(2,3)20(18,19)9-10(15)14-13(8-11(16)17)6-4-5-7-13/h4-9H2,1-3H3,(H,14,15)(H,16,17). The second-order valence-electron chi connectivity index (χ2n) is 6.48. The van der Waals surface area contributed by atoms with Crippen LogP contribution in [0.25, 0.3) is 0 Å². The summed E-state index contributed by atoms with van der Waals surface area (Å²) in [5.74, 6) is -2.19. The molecule has 116 valence electrons. The Morgan fingerprint density at radius 1 is 1.20 bits per heavy atom. The van der Waals surface area contributed by atoms with Crippen molar-refractivity contribution in [3.05, 3.63) is 0 Å². The van der Waals surface area contributed by atoms with Crippen molar-refractivity contribution in [3.63, 3.8) is 0 Å². The van der Waals surface area contributed by atoms with Crippen LogP contribution in [0.1, 0.15) is 52.9 Å². The highest BCUT2D eigenvalue weighted by molar-refractivity contribution is 7.93. The summed E-state index contributed by atoms with van der Waals surface area (Å²) in [5, 5.41) is 11.6. The third-order valence-electron chi connectivity index (χ3n) is 3.71. The number of hydrogen-bond donors (Lipinski definition) is 2. The van der Waals surface area contributed by atoms with Crippen LogP contribution in [-0.2, 0) is 19.4 Å². The number of nitrogens with one attached hydrogen (secondary N) is 1. The molecule has 1 saturated carbocycles. The van der Waals surface area contributed by atoms with Crippen LogP contribution in [-0.4, -0.2) is 41.4 Å². The zero-order valence-corrected chi connectivity index (χ0v) is 13.0. The molecular weight excluding hydrogens is 282 g/mol. The molecule has 0 atom stereocenters. The van der Waals surface area contributed by atoms with E-state index in [-0.39, 0.29) is 6.42 Å². The lowest BCUT2D eigenvalue weighted by Crippen LogP contribution is -2.50. The molecule has 2 N–H and O–H groups in total. The lowest BCUT2D eigenvalue weighted by atomic mass is 9.93. The Kier molecular flexibility index (Phi) is 4.84. The number of carboxylic acid groups (broad SMARTS) is 1. The number of carboxylic acids is 1. The summed E-state index contributed by atoms with van der Waals surface area (Å²) in [6, 6.07) is 0. The van der Waals surface area contributed by atoms with E-state index in [1.54, 1.807) is 0 Å². The fourth-order valence-electron chi connectivity index (χ4n) is 2.41. The van der Waals surface area contributed by atoms with Gasteiger partial charge in [-0.25, -0.2) is 8.42 Å². The van der Waals surface area contributed by atoms with E-state index in [9.17, 15) is 18.0 Å². The van der Waals surface area contributed by atoms with Crippen LogP contribution in [0.15, 0.2) is 0 Å². The summed E-state index contributed by atoms with van der Waals surface area (Å²) >= 11 is 0. The van der Waals surface area contributed by atoms with Gasteiger partial charge in [0.2, 0.25) is 5.91 Å². The van der Waals surface area contributed by atoms with Gasteiger partial charge in [-0.3, -0.25) is 9.59 Å².